The maximum absolute atomic E-state index is 12.1. The topological polar surface area (TPSA) is 29.1 Å². The predicted octanol–water partition coefficient (Wildman–Crippen LogP) is 4.53. The Bertz CT molecular complexity index is 619. The lowest BCUT2D eigenvalue weighted by molar-refractivity contribution is -0.120. The second-order valence-electron chi connectivity index (χ2n) is 5.95. The second-order valence-corrected chi connectivity index (χ2v) is 7.37. The third-order valence-corrected chi connectivity index (χ3v) is 4.88. The van der Waals surface area contributed by atoms with E-state index < -0.39 is 0 Å². The van der Waals surface area contributed by atoms with E-state index in [0.29, 0.717) is 0 Å². The average Bonchev–Trinajstić information content (AvgIpc) is 2.55. The quantitative estimate of drug-likeness (QED) is 0.598. The van der Waals surface area contributed by atoms with Crippen LogP contribution in [0.25, 0.3) is 0 Å². The van der Waals surface area contributed by atoms with Crippen molar-refractivity contribution in [2.45, 2.75) is 43.8 Å². The molecule has 122 valence electrons. The van der Waals surface area contributed by atoms with E-state index in [0.717, 1.165) is 24.3 Å². The molecular formula is C20H25NOS. The number of nitrogens with one attached hydrogen (secondary N) is 1. The molecule has 0 aliphatic heterocycles. The number of hydrogen-bond acceptors (Lipinski definition) is 2. The summed E-state index contributed by atoms with van der Waals surface area (Å²) in [6, 6.07) is 16.9. The van der Waals surface area contributed by atoms with E-state index in [9.17, 15) is 4.79 Å². The van der Waals surface area contributed by atoms with E-state index in [1.807, 2.05) is 6.92 Å². The van der Waals surface area contributed by atoms with Crippen LogP contribution < -0.4 is 5.32 Å². The van der Waals surface area contributed by atoms with Crippen molar-refractivity contribution in [3.05, 3.63) is 65.2 Å². The smallest absolute Gasteiger partial charge is 0.233 e. The summed E-state index contributed by atoms with van der Waals surface area (Å²) in [5, 5.41) is 2.96. The van der Waals surface area contributed by atoms with E-state index in [-0.39, 0.29) is 11.2 Å². The van der Waals surface area contributed by atoms with Crippen molar-refractivity contribution < 1.29 is 4.79 Å². The third kappa shape index (κ3) is 6.11. The Labute approximate surface area is 143 Å². The highest BCUT2D eigenvalue weighted by Crippen LogP contribution is 2.23. The van der Waals surface area contributed by atoms with Gasteiger partial charge in [-0.3, -0.25) is 4.79 Å². The van der Waals surface area contributed by atoms with Gasteiger partial charge < -0.3 is 5.32 Å². The lowest BCUT2D eigenvalue weighted by Gasteiger charge is -2.12. The van der Waals surface area contributed by atoms with Crippen molar-refractivity contribution in [3.8, 4) is 0 Å². The fraction of sp³-hybridized carbons (Fsp3) is 0.350. The first-order valence-corrected chi connectivity index (χ1v) is 8.99. The lowest BCUT2D eigenvalue weighted by atomic mass is 10.1. The van der Waals surface area contributed by atoms with E-state index >= 15 is 0 Å². The highest BCUT2D eigenvalue weighted by atomic mass is 32.2. The van der Waals surface area contributed by atoms with Crippen LogP contribution in [0, 0.1) is 13.8 Å². The standard InChI is InChI=1S/C20H25NOS/c1-15-6-10-18(11-7-15)5-4-14-21-20(22)17(3)23-19-12-8-16(2)9-13-19/h6-13,17H,4-5,14H2,1-3H3,(H,21,22). The Hall–Kier alpha value is -1.74. The molecule has 1 N–H and O–H groups in total. The van der Waals surface area contributed by atoms with Gasteiger partial charge in [-0.15, -0.1) is 11.8 Å². The maximum atomic E-state index is 12.1. The number of hydrogen-bond donors (Lipinski definition) is 1. The highest BCUT2D eigenvalue weighted by Gasteiger charge is 2.13. The summed E-state index contributed by atoms with van der Waals surface area (Å²) in [6.07, 6.45) is 1.97. The van der Waals surface area contributed by atoms with Gasteiger partial charge >= 0.3 is 0 Å². The molecule has 0 radical (unpaired) electrons. The van der Waals surface area contributed by atoms with E-state index in [1.165, 1.54) is 16.7 Å². The molecule has 0 saturated carbocycles. The van der Waals surface area contributed by atoms with Crippen LogP contribution in [-0.2, 0) is 11.2 Å². The van der Waals surface area contributed by atoms with Crippen LogP contribution in [0.4, 0.5) is 0 Å². The Morgan fingerprint density at radius 2 is 1.57 bits per heavy atom. The first-order chi connectivity index (χ1) is 11.0. The molecule has 0 saturated heterocycles. The van der Waals surface area contributed by atoms with Crippen LogP contribution in [0.3, 0.4) is 0 Å². The zero-order valence-corrected chi connectivity index (χ0v) is 15.0. The third-order valence-electron chi connectivity index (χ3n) is 3.77. The lowest BCUT2D eigenvalue weighted by Crippen LogP contribution is -2.31. The van der Waals surface area contributed by atoms with Crippen molar-refractivity contribution >= 4 is 17.7 Å². The van der Waals surface area contributed by atoms with Crippen LogP contribution >= 0.6 is 11.8 Å². The summed E-state index contributed by atoms with van der Waals surface area (Å²) in [6.45, 7) is 6.85. The fourth-order valence-corrected chi connectivity index (χ4v) is 3.17. The van der Waals surface area contributed by atoms with Gasteiger partial charge in [0, 0.05) is 11.4 Å². The molecule has 1 unspecified atom stereocenters. The average molecular weight is 327 g/mol. The molecule has 0 fully saturated rings. The number of benzene rings is 2. The molecule has 0 heterocycles. The largest absolute Gasteiger partial charge is 0.355 e. The van der Waals surface area contributed by atoms with Gasteiger partial charge in [0.05, 0.1) is 5.25 Å². The van der Waals surface area contributed by atoms with Crippen LogP contribution in [-0.4, -0.2) is 17.7 Å². The predicted molar refractivity (Wildman–Crippen MR) is 99.0 cm³/mol. The van der Waals surface area contributed by atoms with Crippen molar-refractivity contribution in [2.24, 2.45) is 0 Å². The Morgan fingerprint density at radius 1 is 1.00 bits per heavy atom. The van der Waals surface area contributed by atoms with Gasteiger partial charge in [0.1, 0.15) is 0 Å². The minimum Gasteiger partial charge on any atom is -0.355 e. The number of amides is 1. The monoisotopic (exact) mass is 327 g/mol. The molecule has 0 aromatic heterocycles. The van der Waals surface area contributed by atoms with Crippen LogP contribution in [0.15, 0.2) is 53.4 Å². The minimum atomic E-state index is -0.0721. The molecule has 1 atom stereocenters. The molecule has 2 aromatic carbocycles. The highest BCUT2D eigenvalue weighted by molar-refractivity contribution is 8.00. The van der Waals surface area contributed by atoms with Gasteiger partial charge in [-0.05, 0) is 51.3 Å². The van der Waals surface area contributed by atoms with Crippen molar-refractivity contribution in [1.82, 2.24) is 5.32 Å². The van der Waals surface area contributed by atoms with Gasteiger partial charge in [0.2, 0.25) is 5.91 Å². The molecule has 0 aliphatic rings. The molecule has 1 amide bonds. The van der Waals surface area contributed by atoms with Gasteiger partial charge in [0.25, 0.3) is 0 Å². The van der Waals surface area contributed by atoms with Crippen molar-refractivity contribution in [3.63, 3.8) is 0 Å². The van der Waals surface area contributed by atoms with Crippen LogP contribution in [0.1, 0.15) is 30.0 Å². The molecule has 2 rings (SSSR count). The molecule has 0 aliphatic carbocycles. The fourth-order valence-electron chi connectivity index (χ4n) is 2.28. The number of thioether (sulfide) groups is 1. The normalized spacial score (nSPS) is 12.0. The Morgan fingerprint density at radius 3 is 2.17 bits per heavy atom. The molecule has 2 nitrogen and oxygen atoms in total. The number of carbonyl (C=O) groups is 1. The molecule has 3 heteroatoms. The first-order valence-electron chi connectivity index (χ1n) is 8.11. The summed E-state index contributed by atoms with van der Waals surface area (Å²) < 4.78 is 0. The van der Waals surface area contributed by atoms with Crippen molar-refractivity contribution in [2.75, 3.05) is 6.54 Å². The van der Waals surface area contributed by atoms with E-state index in [2.05, 4.69) is 67.7 Å². The van der Waals surface area contributed by atoms with Gasteiger partial charge in [-0.1, -0.05) is 47.5 Å². The molecule has 0 spiro atoms. The second kappa shape index (κ2) is 8.78. The van der Waals surface area contributed by atoms with Gasteiger partial charge in [-0.25, -0.2) is 0 Å². The van der Waals surface area contributed by atoms with E-state index in [1.54, 1.807) is 11.8 Å². The number of rotatable bonds is 7. The minimum absolute atomic E-state index is 0.0721. The summed E-state index contributed by atoms with van der Waals surface area (Å²) in [5.74, 6) is 0.111. The maximum Gasteiger partial charge on any atom is 0.233 e. The Kier molecular flexibility index (Phi) is 6.72. The summed E-state index contributed by atoms with van der Waals surface area (Å²) in [4.78, 5) is 13.3. The SMILES string of the molecule is Cc1ccc(CCCNC(=O)C(C)Sc2ccc(C)cc2)cc1. The summed E-state index contributed by atoms with van der Waals surface area (Å²) >= 11 is 1.60. The van der Waals surface area contributed by atoms with Crippen molar-refractivity contribution in [1.29, 1.82) is 0 Å². The molecule has 23 heavy (non-hydrogen) atoms. The van der Waals surface area contributed by atoms with Gasteiger partial charge in [-0.2, -0.15) is 0 Å². The first kappa shape index (κ1) is 17.6. The molecule has 2 aromatic rings. The zero-order chi connectivity index (χ0) is 16.7. The Balaban J connectivity index is 1.69. The number of carbonyl (C=O) groups excluding carboxylic acids is 1. The molecular weight excluding hydrogens is 302 g/mol. The molecule has 0 bridgehead atoms. The van der Waals surface area contributed by atoms with Crippen LogP contribution in [0.5, 0.6) is 0 Å². The summed E-state index contributed by atoms with van der Waals surface area (Å²) in [7, 11) is 0. The van der Waals surface area contributed by atoms with E-state index in [4.69, 9.17) is 0 Å². The van der Waals surface area contributed by atoms with Gasteiger partial charge in [0.15, 0.2) is 0 Å². The number of aryl methyl sites for hydroxylation is 3. The summed E-state index contributed by atoms with van der Waals surface area (Å²) in [5.41, 5.74) is 3.85. The zero-order valence-electron chi connectivity index (χ0n) is 14.1. The van der Waals surface area contributed by atoms with Crippen LogP contribution in [0.2, 0.25) is 0 Å².